The van der Waals surface area contributed by atoms with Gasteiger partial charge in [0.25, 0.3) is 5.91 Å². The number of hydrogen-bond donors (Lipinski definition) is 0. The molecule has 3 aromatic rings. The fraction of sp³-hybridized carbons (Fsp3) is 0.300. The third-order valence-electron chi connectivity index (χ3n) is 4.33. The summed E-state index contributed by atoms with van der Waals surface area (Å²) >= 11 is 4.99. The van der Waals surface area contributed by atoms with Crippen LogP contribution in [-0.4, -0.2) is 43.0 Å². The number of hydrogen-bond acceptors (Lipinski definition) is 4. The van der Waals surface area contributed by atoms with E-state index in [2.05, 4.69) is 46.8 Å². The summed E-state index contributed by atoms with van der Waals surface area (Å²) in [5, 5.41) is 0.750. The van der Waals surface area contributed by atoms with E-state index in [1.165, 1.54) is 11.1 Å². The maximum Gasteiger partial charge on any atom is 0.260 e. The number of amides is 1. The molecule has 0 aliphatic rings. The molecule has 1 amide bonds. The van der Waals surface area contributed by atoms with Gasteiger partial charge < -0.3 is 4.90 Å². The van der Waals surface area contributed by atoms with Crippen LogP contribution in [0.2, 0.25) is 0 Å². The zero-order valence-corrected chi connectivity index (χ0v) is 17.8. The molecule has 0 atom stereocenters. The number of carbonyl (C=O) groups is 1. The van der Waals surface area contributed by atoms with Crippen LogP contribution in [0.5, 0.6) is 0 Å². The Morgan fingerprint density at radius 3 is 2.38 bits per heavy atom. The molecule has 4 nitrogen and oxygen atoms in total. The van der Waals surface area contributed by atoms with E-state index in [0.717, 1.165) is 26.4 Å². The molecule has 6 heteroatoms. The monoisotopic (exact) mass is 431 g/mol. The number of fused-ring (bicyclic) bond motifs is 1. The van der Waals surface area contributed by atoms with Crippen LogP contribution >= 0.6 is 27.3 Å². The van der Waals surface area contributed by atoms with Crippen LogP contribution in [0.15, 0.2) is 40.9 Å². The summed E-state index contributed by atoms with van der Waals surface area (Å²) in [6, 6.07) is 11.7. The number of rotatable bonds is 5. The molecule has 136 valence electrons. The Kier molecular flexibility index (Phi) is 5.75. The Bertz CT molecular complexity index is 895. The Morgan fingerprint density at radius 1 is 1.08 bits per heavy atom. The van der Waals surface area contributed by atoms with Gasteiger partial charge in [-0.2, -0.15) is 0 Å². The molecule has 0 bridgehead atoms. The Morgan fingerprint density at radius 2 is 1.73 bits per heavy atom. The summed E-state index contributed by atoms with van der Waals surface area (Å²) in [4.78, 5) is 21.8. The van der Waals surface area contributed by atoms with Crippen molar-refractivity contribution >= 4 is 48.5 Å². The quantitative estimate of drug-likeness (QED) is 0.577. The van der Waals surface area contributed by atoms with Gasteiger partial charge in [0.1, 0.15) is 0 Å². The largest absolute Gasteiger partial charge is 0.308 e. The number of anilines is 1. The molecule has 0 saturated heterocycles. The van der Waals surface area contributed by atoms with E-state index in [9.17, 15) is 4.79 Å². The maximum atomic E-state index is 13.1. The fourth-order valence-corrected chi connectivity index (χ4v) is 3.95. The Hall–Kier alpha value is -1.76. The van der Waals surface area contributed by atoms with Gasteiger partial charge in [-0.3, -0.25) is 9.69 Å². The summed E-state index contributed by atoms with van der Waals surface area (Å²) in [5.41, 5.74) is 4.07. The van der Waals surface area contributed by atoms with Crippen molar-refractivity contribution in [2.75, 3.05) is 32.1 Å². The van der Waals surface area contributed by atoms with Crippen molar-refractivity contribution in [3.8, 4) is 0 Å². The lowest BCUT2D eigenvalue weighted by Gasteiger charge is -2.22. The Balaban J connectivity index is 2.00. The second-order valence-electron chi connectivity index (χ2n) is 6.67. The highest BCUT2D eigenvalue weighted by molar-refractivity contribution is 9.10. The molecule has 0 aliphatic carbocycles. The molecule has 0 fully saturated rings. The molecule has 2 aromatic carbocycles. The van der Waals surface area contributed by atoms with Crippen LogP contribution in [0.1, 0.15) is 21.5 Å². The van der Waals surface area contributed by atoms with E-state index < -0.39 is 0 Å². The number of carbonyl (C=O) groups excluding carboxylic acids is 1. The van der Waals surface area contributed by atoms with Gasteiger partial charge >= 0.3 is 0 Å². The molecule has 0 aliphatic heterocycles. The van der Waals surface area contributed by atoms with Crippen molar-refractivity contribution in [1.29, 1.82) is 0 Å². The predicted octanol–water partition coefficient (Wildman–Crippen LogP) is 4.88. The third-order valence-corrected chi connectivity index (χ3v) is 5.90. The van der Waals surface area contributed by atoms with Gasteiger partial charge in [-0.1, -0.05) is 27.3 Å². The molecule has 0 radical (unpaired) electrons. The lowest BCUT2D eigenvalue weighted by molar-refractivity contribution is 0.0985. The topological polar surface area (TPSA) is 36.4 Å². The number of likely N-dealkylation sites (N-methyl/N-ethyl adjacent to an activating group) is 1. The third kappa shape index (κ3) is 4.14. The Labute approximate surface area is 166 Å². The molecule has 0 unspecified atom stereocenters. The van der Waals surface area contributed by atoms with Gasteiger partial charge in [-0.25, -0.2) is 4.98 Å². The average molecular weight is 432 g/mol. The minimum Gasteiger partial charge on any atom is -0.308 e. The normalized spacial score (nSPS) is 11.3. The smallest absolute Gasteiger partial charge is 0.260 e. The number of thiazole rings is 1. The van der Waals surface area contributed by atoms with Crippen LogP contribution < -0.4 is 4.90 Å². The van der Waals surface area contributed by atoms with Gasteiger partial charge in [-0.15, -0.1) is 0 Å². The van der Waals surface area contributed by atoms with Gasteiger partial charge in [-0.05, 0) is 75.5 Å². The number of nitrogens with zero attached hydrogens (tertiary/aromatic N) is 3. The number of aromatic nitrogens is 1. The molecular weight excluding hydrogens is 410 g/mol. The standard InChI is InChI=1S/C20H22BrN3OS/c1-13-11-17-18(12-14(13)2)26-20(22-17)24(10-9-23(3)4)19(25)15-5-7-16(21)8-6-15/h5-8,11-12H,9-10H2,1-4H3. The van der Waals surface area contributed by atoms with Crippen LogP contribution in [0.25, 0.3) is 10.2 Å². The lowest BCUT2D eigenvalue weighted by atomic mass is 10.1. The first-order valence-electron chi connectivity index (χ1n) is 8.45. The van der Waals surface area contributed by atoms with Crippen molar-refractivity contribution < 1.29 is 4.79 Å². The first kappa shape index (κ1) is 19.0. The summed E-state index contributed by atoms with van der Waals surface area (Å²) < 4.78 is 2.07. The highest BCUT2D eigenvalue weighted by Crippen LogP contribution is 2.31. The molecule has 0 saturated carbocycles. The molecular formula is C20H22BrN3OS. The van der Waals surface area contributed by atoms with E-state index in [4.69, 9.17) is 4.98 Å². The number of benzene rings is 2. The minimum atomic E-state index is -0.0214. The molecule has 1 aromatic heterocycles. The van der Waals surface area contributed by atoms with Gasteiger partial charge in [0.05, 0.1) is 10.2 Å². The van der Waals surface area contributed by atoms with E-state index in [0.29, 0.717) is 12.1 Å². The first-order valence-corrected chi connectivity index (χ1v) is 10.1. The number of halogens is 1. The summed E-state index contributed by atoms with van der Waals surface area (Å²) in [6.45, 7) is 5.56. The van der Waals surface area contributed by atoms with Crippen molar-refractivity contribution in [3.05, 3.63) is 57.6 Å². The molecule has 0 spiro atoms. The van der Waals surface area contributed by atoms with Crippen molar-refractivity contribution in [1.82, 2.24) is 9.88 Å². The van der Waals surface area contributed by atoms with E-state index in [-0.39, 0.29) is 5.91 Å². The highest BCUT2D eigenvalue weighted by atomic mass is 79.9. The van der Waals surface area contributed by atoms with Crippen molar-refractivity contribution in [2.24, 2.45) is 0 Å². The van der Waals surface area contributed by atoms with E-state index in [1.807, 2.05) is 38.4 Å². The summed E-state index contributed by atoms with van der Waals surface area (Å²) in [6.07, 6.45) is 0. The zero-order valence-electron chi connectivity index (χ0n) is 15.4. The summed E-state index contributed by atoms with van der Waals surface area (Å²) in [7, 11) is 4.01. The minimum absolute atomic E-state index is 0.0214. The van der Waals surface area contributed by atoms with Crippen LogP contribution in [0.3, 0.4) is 0 Å². The van der Waals surface area contributed by atoms with Gasteiger partial charge in [0.15, 0.2) is 5.13 Å². The zero-order chi connectivity index (χ0) is 18.8. The van der Waals surface area contributed by atoms with Crippen LogP contribution in [0, 0.1) is 13.8 Å². The first-order chi connectivity index (χ1) is 12.3. The SMILES string of the molecule is Cc1cc2nc(N(CCN(C)C)C(=O)c3ccc(Br)cc3)sc2cc1C. The van der Waals surface area contributed by atoms with Crippen molar-refractivity contribution in [3.63, 3.8) is 0 Å². The van der Waals surface area contributed by atoms with E-state index >= 15 is 0 Å². The lowest BCUT2D eigenvalue weighted by Crippen LogP contribution is -2.36. The van der Waals surface area contributed by atoms with Crippen LogP contribution in [-0.2, 0) is 0 Å². The van der Waals surface area contributed by atoms with Crippen LogP contribution in [0.4, 0.5) is 5.13 Å². The molecule has 0 N–H and O–H groups in total. The highest BCUT2D eigenvalue weighted by Gasteiger charge is 2.21. The van der Waals surface area contributed by atoms with E-state index in [1.54, 1.807) is 16.2 Å². The second-order valence-corrected chi connectivity index (χ2v) is 8.59. The fourth-order valence-electron chi connectivity index (χ4n) is 2.62. The number of aryl methyl sites for hydroxylation is 2. The van der Waals surface area contributed by atoms with Gasteiger partial charge in [0.2, 0.25) is 0 Å². The molecule has 26 heavy (non-hydrogen) atoms. The maximum absolute atomic E-state index is 13.1. The summed E-state index contributed by atoms with van der Waals surface area (Å²) in [5.74, 6) is -0.0214. The average Bonchev–Trinajstić information content (AvgIpc) is 2.98. The van der Waals surface area contributed by atoms with Crippen molar-refractivity contribution in [2.45, 2.75) is 13.8 Å². The molecule has 1 heterocycles. The predicted molar refractivity (Wildman–Crippen MR) is 113 cm³/mol. The van der Waals surface area contributed by atoms with Gasteiger partial charge in [0, 0.05) is 23.1 Å². The second kappa shape index (κ2) is 7.86. The molecule has 3 rings (SSSR count).